The molecule has 1 saturated heterocycles. The topological polar surface area (TPSA) is 45.5 Å². The SMILES string of the molecule is CC1(C)OB(c2cnn(C3CC(OCc4ccccc4)C3)c2)OC1(C)C. The number of benzene rings is 1. The lowest BCUT2D eigenvalue weighted by Gasteiger charge is -2.35. The Morgan fingerprint density at radius 1 is 1.12 bits per heavy atom. The summed E-state index contributed by atoms with van der Waals surface area (Å²) in [6.45, 7) is 8.95. The van der Waals surface area contributed by atoms with E-state index in [4.69, 9.17) is 14.0 Å². The largest absolute Gasteiger partial charge is 0.498 e. The van der Waals surface area contributed by atoms with Gasteiger partial charge in [-0.25, -0.2) is 0 Å². The number of hydrogen-bond acceptors (Lipinski definition) is 4. The Morgan fingerprint density at radius 2 is 1.77 bits per heavy atom. The molecule has 5 nitrogen and oxygen atoms in total. The number of rotatable bonds is 5. The lowest BCUT2D eigenvalue weighted by Crippen LogP contribution is -2.41. The molecular weight excluding hydrogens is 327 g/mol. The van der Waals surface area contributed by atoms with Crippen LogP contribution in [0.5, 0.6) is 0 Å². The van der Waals surface area contributed by atoms with E-state index in [1.165, 1.54) is 5.56 Å². The molecule has 1 aromatic heterocycles. The Labute approximate surface area is 155 Å². The maximum absolute atomic E-state index is 6.10. The molecule has 2 aromatic rings. The summed E-state index contributed by atoms with van der Waals surface area (Å²) in [4.78, 5) is 0. The van der Waals surface area contributed by atoms with Crippen LogP contribution in [0.4, 0.5) is 0 Å². The van der Waals surface area contributed by atoms with Crippen molar-refractivity contribution in [1.29, 1.82) is 0 Å². The molecule has 26 heavy (non-hydrogen) atoms. The summed E-state index contributed by atoms with van der Waals surface area (Å²) in [6.07, 6.45) is 6.22. The maximum atomic E-state index is 6.10. The highest BCUT2D eigenvalue weighted by atomic mass is 16.7. The molecule has 0 bridgehead atoms. The predicted octanol–water partition coefficient (Wildman–Crippen LogP) is 3.10. The van der Waals surface area contributed by atoms with Gasteiger partial charge in [-0.3, -0.25) is 4.68 Å². The van der Waals surface area contributed by atoms with Gasteiger partial charge in [-0.05, 0) is 46.1 Å². The van der Waals surface area contributed by atoms with Gasteiger partial charge >= 0.3 is 7.12 Å². The zero-order valence-corrected chi connectivity index (χ0v) is 16.0. The van der Waals surface area contributed by atoms with Crippen molar-refractivity contribution in [2.75, 3.05) is 0 Å². The van der Waals surface area contributed by atoms with Crippen LogP contribution in [0.3, 0.4) is 0 Å². The summed E-state index contributed by atoms with van der Waals surface area (Å²) in [5, 5.41) is 4.53. The summed E-state index contributed by atoms with van der Waals surface area (Å²) in [7, 11) is -0.348. The van der Waals surface area contributed by atoms with Crippen LogP contribution in [0.15, 0.2) is 42.7 Å². The zero-order valence-electron chi connectivity index (χ0n) is 16.0. The fraction of sp³-hybridized carbons (Fsp3) is 0.550. The third kappa shape index (κ3) is 3.33. The average Bonchev–Trinajstić information content (AvgIpc) is 3.10. The zero-order chi connectivity index (χ0) is 18.4. The molecule has 138 valence electrons. The minimum absolute atomic E-state index is 0.310. The van der Waals surface area contributed by atoms with Gasteiger partial charge in [0.05, 0.1) is 30.0 Å². The van der Waals surface area contributed by atoms with Crippen molar-refractivity contribution in [1.82, 2.24) is 9.78 Å². The van der Waals surface area contributed by atoms with Crippen molar-refractivity contribution >= 4 is 12.6 Å². The Morgan fingerprint density at radius 3 is 2.42 bits per heavy atom. The van der Waals surface area contributed by atoms with Crippen LogP contribution < -0.4 is 5.46 Å². The van der Waals surface area contributed by atoms with Crippen molar-refractivity contribution < 1.29 is 14.0 Å². The monoisotopic (exact) mass is 354 g/mol. The third-order valence-corrected chi connectivity index (χ3v) is 5.92. The van der Waals surface area contributed by atoms with Crippen LogP contribution in [-0.2, 0) is 20.7 Å². The predicted molar refractivity (Wildman–Crippen MR) is 101 cm³/mol. The highest BCUT2D eigenvalue weighted by Gasteiger charge is 2.52. The maximum Gasteiger partial charge on any atom is 0.498 e. The van der Waals surface area contributed by atoms with Gasteiger partial charge in [0, 0.05) is 17.9 Å². The minimum atomic E-state index is -0.348. The summed E-state index contributed by atoms with van der Waals surface area (Å²) in [6, 6.07) is 10.7. The first-order valence-electron chi connectivity index (χ1n) is 9.39. The van der Waals surface area contributed by atoms with E-state index in [1.54, 1.807) is 0 Å². The molecule has 0 unspecified atom stereocenters. The molecule has 4 rings (SSSR count). The summed E-state index contributed by atoms with van der Waals surface area (Å²) < 4.78 is 20.2. The van der Waals surface area contributed by atoms with Crippen LogP contribution in [0.25, 0.3) is 0 Å². The Bertz CT molecular complexity index is 737. The standard InChI is InChI=1S/C20H27BN2O3/c1-19(2)20(3,4)26-21(25-19)16-12-22-23(13-16)17-10-18(11-17)24-14-15-8-6-5-7-9-15/h5-9,12-13,17-18H,10-11,14H2,1-4H3. The normalized spacial score (nSPS) is 26.7. The molecule has 2 fully saturated rings. The van der Waals surface area contributed by atoms with Gasteiger partial charge in [-0.2, -0.15) is 5.10 Å². The third-order valence-electron chi connectivity index (χ3n) is 5.92. The van der Waals surface area contributed by atoms with Gasteiger partial charge in [-0.1, -0.05) is 30.3 Å². The van der Waals surface area contributed by atoms with E-state index in [9.17, 15) is 0 Å². The van der Waals surface area contributed by atoms with Crippen LogP contribution in [0.1, 0.15) is 52.1 Å². The lowest BCUT2D eigenvalue weighted by atomic mass is 9.81. The Hall–Kier alpha value is -1.63. The number of ether oxygens (including phenoxy) is 1. The van der Waals surface area contributed by atoms with Crippen LogP contribution >= 0.6 is 0 Å². The fourth-order valence-corrected chi connectivity index (χ4v) is 3.33. The summed E-state index contributed by atoms with van der Waals surface area (Å²) in [5.41, 5.74) is 1.55. The van der Waals surface area contributed by atoms with Gasteiger partial charge in [0.15, 0.2) is 0 Å². The minimum Gasteiger partial charge on any atom is -0.399 e. The second kappa shape index (κ2) is 6.52. The summed E-state index contributed by atoms with van der Waals surface area (Å²) in [5.74, 6) is 0. The van der Waals surface area contributed by atoms with Crippen molar-refractivity contribution in [3.05, 3.63) is 48.3 Å². The molecule has 0 spiro atoms. The Balaban J connectivity index is 1.30. The molecule has 2 aliphatic rings. The molecular formula is C20H27BN2O3. The fourth-order valence-electron chi connectivity index (χ4n) is 3.33. The van der Waals surface area contributed by atoms with E-state index in [-0.39, 0.29) is 18.3 Å². The smallest absolute Gasteiger partial charge is 0.399 e. The van der Waals surface area contributed by atoms with E-state index in [0.717, 1.165) is 18.3 Å². The molecule has 0 radical (unpaired) electrons. The van der Waals surface area contributed by atoms with Gasteiger partial charge in [0.1, 0.15) is 0 Å². The van der Waals surface area contributed by atoms with Crippen molar-refractivity contribution in [2.45, 2.75) is 70.5 Å². The highest BCUT2D eigenvalue weighted by molar-refractivity contribution is 6.62. The van der Waals surface area contributed by atoms with Gasteiger partial charge in [-0.15, -0.1) is 0 Å². The molecule has 6 heteroatoms. The van der Waals surface area contributed by atoms with Crippen molar-refractivity contribution in [3.8, 4) is 0 Å². The van der Waals surface area contributed by atoms with Crippen LogP contribution in [-0.4, -0.2) is 34.2 Å². The second-order valence-corrected chi connectivity index (χ2v) is 8.39. The van der Waals surface area contributed by atoms with Gasteiger partial charge < -0.3 is 14.0 Å². The van der Waals surface area contributed by atoms with E-state index < -0.39 is 0 Å². The molecule has 2 heterocycles. The molecule has 1 saturated carbocycles. The summed E-state index contributed by atoms with van der Waals surface area (Å²) >= 11 is 0. The first-order valence-corrected chi connectivity index (χ1v) is 9.39. The molecule has 0 atom stereocenters. The average molecular weight is 354 g/mol. The molecule has 1 aliphatic carbocycles. The first-order chi connectivity index (χ1) is 12.3. The Kier molecular flexibility index (Phi) is 4.45. The van der Waals surface area contributed by atoms with E-state index in [1.807, 2.05) is 29.1 Å². The van der Waals surface area contributed by atoms with Crippen LogP contribution in [0.2, 0.25) is 0 Å². The second-order valence-electron chi connectivity index (χ2n) is 8.39. The molecule has 0 amide bonds. The molecule has 1 aromatic carbocycles. The number of nitrogens with zero attached hydrogens (tertiary/aromatic N) is 2. The quantitative estimate of drug-likeness (QED) is 0.774. The first kappa shape index (κ1) is 17.8. The number of aromatic nitrogens is 2. The van der Waals surface area contributed by atoms with Crippen molar-refractivity contribution in [3.63, 3.8) is 0 Å². The van der Waals surface area contributed by atoms with E-state index in [0.29, 0.717) is 18.8 Å². The van der Waals surface area contributed by atoms with Crippen LogP contribution in [0, 0.1) is 0 Å². The number of hydrogen-bond donors (Lipinski definition) is 0. The van der Waals surface area contributed by atoms with Gasteiger partial charge in [0.2, 0.25) is 0 Å². The highest BCUT2D eigenvalue weighted by Crippen LogP contribution is 2.37. The molecule has 1 aliphatic heterocycles. The van der Waals surface area contributed by atoms with E-state index in [2.05, 4.69) is 51.1 Å². The molecule has 0 N–H and O–H groups in total. The van der Waals surface area contributed by atoms with Crippen molar-refractivity contribution in [2.24, 2.45) is 0 Å². The van der Waals surface area contributed by atoms with Gasteiger partial charge in [0.25, 0.3) is 0 Å². The lowest BCUT2D eigenvalue weighted by molar-refractivity contribution is -0.0383. The van der Waals surface area contributed by atoms with E-state index >= 15 is 0 Å².